The minimum Gasteiger partial charge on any atom is -0.478 e. The summed E-state index contributed by atoms with van der Waals surface area (Å²) in [6, 6.07) is 10.9. The highest BCUT2D eigenvalue weighted by atomic mass is 19.3. The maximum absolute atomic E-state index is 13.3. The lowest BCUT2D eigenvalue weighted by atomic mass is 9.95. The molecule has 0 radical (unpaired) electrons. The molecule has 3 aromatic rings. The third-order valence-electron chi connectivity index (χ3n) is 4.05. The molecule has 0 unspecified atom stereocenters. The Morgan fingerprint density at radius 1 is 1.12 bits per heavy atom. The number of carboxylic acid groups (broad SMARTS) is 1. The Bertz CT molecular complexity index is 921. The molecule has 3 rings (SSSR count). The van der Waals surface area contributed by atoms with Gasteiger partial charge in [0.1, 0.15) is 0 Å². The van der Waals surface area contributed by atoms with Gasteiger partial charge in [-0.25, -0.2) is 13.6 Å². The summed E-state index contributed by atoms with van der Waals surface area (Å²) in [6.45, 7) is 0.860. The largest absolute Gasteiger partial charge is 0.478 e. The fourth-order valence-electron chi connectivity index (χ4n) is 2.68. The molecule has 0 saturated heterocycles. The molecule has 0 amide bonds. The number of carbonyl (C=O) groups is 1. The standard InChI is InChI=1S/C20H16F2N2O2/c1-20(21,22)16-6-2-13(3-7-16)10-14-4-5-15(19(25)26)11-17(14)18-12-23-8-9-24-18/h2-9,11-12H,10H2,1H3,(H,25,26). The van der Waals surface area contributed by atoms with Gasteiger partial charge in [-0.05, 0) is 29.7 Å². The Kier molecular flexibility index (Phi) is 4.75. The molecule has 0 saturated carbocycles. The van der Waals surface area contributed by atoms with E-state index >= 15 is 0 Å². The molecule has 4 nitrogen and oxygen atoms in total. The summed E-state index contributed by atoms with van der Waals surface area (Å²) in [5.41, 5.74) is 3.00. The molecule has 132 valence electrons. The van der Waals surface area contributed by atoms with Crippen molar-refractivity contribution in [3.63, 3.8) is 0 Å². The number of aromatic nitrogens is 2. The molecule has 0 aliphatic carbocycles. The summed E-state index contributed by atoms with van der Waals surface area (Å²) in [6.07, 6.45) is 5.09. The lowest BCUT2D eigenvalue weighted by molar-refractivity contribution is 0.0174. The van der Waals surface area contributed by atoms with Gasteiger partial charge in [0, 0.05) is 30.4 Å². The Balaban J connectivity index is 1.98. The highest BCUT2D eigenvalue weighted by Crippen LogP contribution is 2.29. The van der Waals surface area contributed by atoms with Crippen LogP contribution < -0.4 is 0 Å². The molecular weight excluding hydrogens is 338 g/mol. The number of rotatable bonds is 5. The van der Waals surface area contributed by atoms with Crippen LogP contribution in [-0.2, 0) is 12.3 Å². The van der Waals surface area contributed by atoms with Crippen LogP contribution in [0.25, 0.3) is 11.3 Å². The molecule has 0 aliphatic rings. The highest BCUT2D eigenvalue weighted by Gasteiger charge is 2.23. The summed E-state index contributed by atoms with van der Waals surface area (Å²) >= 11 is 0. The molecule has 0 atom stereocenters. The van der Waals surface area contributed by atoms with E-state index in [9.17, 15) is 18.7 Å². The summed E-state index contributed by atoms with van der Waals surface area (Å²) < 4.78 is 26.7. The first kappa shape index (κ1) is 17.7. The van der Waals surface area contributed by atoms with Gasteiger partial charge in [-0.3, -0.25) is 9.97 Å². The van der Waals surface area contributed by atoms with E-state index < -0.39 is 11.9 Å². The fourth-order valence-corrected chi connectivity index (χ4v) is 2.68. The number of benzene rings is 2. The molecule has 1 aromatic heterocycles. The second-order valence-corrected chi connectivity index (χ2v) is 6.03. The van der Waals surface area contributed by atoms with Crippen molar-refractivity contribution in [1.29, 1.82) is 0 Å². The van der Waals surface area contributed by atoms with E-state index in [2.05, 4.69) is 9.97 Å². The van der Waals surface area contributed by atoms with Crippen molar-refractivity contribution in [3.05, 3.63) is 83.3 Å². The van der Waals surface area contributed by atoms with Crippen molar-refractivity contribution in [2.24, 2.45) is 0 Å². The molecule has 0 fully saturated rings. The van der Waals surface area contributed by atoms with E-state index in [4.69, 9.17) is 0 Å². The van der Waals surface area contributed by atoms with Gasteiger partial charge in [0.2, 0.25) is 0 Å². The van der Waals surface area contributed by atoms with E-state index in [1.807, 2.05) is 0 Å². The normalized spacial score (nSPS) is 11.3. The minimum atomic E-state index is -2.88. The predicted octanol–water partition coefficient (Wildman–Crippen LogP) is 4.54. The van der Waals surface area contributed by atoms with Crippen LogP contribution in [0.15, 0.2) is 61.1 Å². The van der Waals surface area contributed by atoms with Crippen molar-refractivity contribution < 1.29 is 18.7 Å². The van der Waals surface area contributed by atoms with Crippen LogP contribution in [0, 0.1) is 0 Å². The number of alkyl halides is 2. The average Bonchev–Trinajstić information content (AvgIpc) is 2.62. The lowest BCUT2D eigenvalue weighted by Gasteiger charge is -2.13. The number of carboxylic acids is 1. The zero-order valence-corrected chi connectivity index (χ0v) is 14.0. The Morgan fingerprint density at radius 3 is 2.42 bits per heavy atom. The van der Waals surface area contributed by atoms with Gasteiger partial charge < -0.3 is 5.11 Å². The molecule has 1 N–H and O–H groups in total. The SMILES string of the molecule is CC(F)(F)c1ccc(Cc2ccc(C(=O)O)cc2-c2cnccn2)cc1. The van der Waals surface area contributed by atoms with Gasteiger partial charge in [0.25, 0.3) is 5.92 Å². The maximum atomic E-state index is 13.3. The van der Waals surface area contributed by atoms with Gasteiger partial charge in [-0.15, -0.1) is 0 Å². The second-order valence-electron chi connectivity index (χ2n) is 6.03. The molecule has 6 heteroatoms. The van der Waals surface area contributed by atoms with E-state index in [-0.39, 0.29) is 11.1 Å². The summed E-state index contributed by atoms with van der Waals surface area (Å²) in [5.74, 6) is -3.91. The van der Waals surface area contributed by atoms with Crippen LogP contribution in [0.4, 0.5) is 8.78 Å². The van der Waals surface area contributed by atoms with Gasteiger partial charge in [0.05, 0.1) is 17.5 Å². The number of hydrogen-bond donors (Lipinski definition) is 1. The summed E-state index contributed by atoms with van der Waals surface area (Å²) in [4.78, 5) is 19.6. The number of halogens is 2. The van der Waals surface area contributed by atoms with Crippen LogP contribution in [-0.4, -0.2) is 21.0 Å². The van der Waals surface area contributed by atoms with Crippen molar-refractivity contribution in [2.75, 3.05) is 0 Å². The Morgan fingerprint density at radius 2 is 1.85 bits per heavy atom. The van der Waals surface area contributed by atoms with Gasteiger partial charge in [0.15, 0.2) is 0 Å². The molecule has 2 aromatic carbocycles. The van der Waals surface area contributed by atoms with E-state index in [0.717, 1.165) is 18.1 Å². The van der Waals surface area contributed by atoms with Crippen LogP contribution in [0.2, 0.25) is 0 Å². The predicted molar refractivity (Wildman–Crippen MR) is 93.2 cm³/mol. The third-order valence-corrected chi connectivity index (χ3v) is 4.05. The fraction of sp³-hybridized carbons (Fsp3) is 0.150. The molecule has 26 heavy (non-hydrogen) atoms. The van der Waals surface area contributed by atoms with Crippen LogP contribution in [0.5, 0.6) is 0 Å². The van der Waals surface area contributed by atoms with Crippen molar-refractivity contribution in [2.45, 2.75) is 19.3 Å². The zero-order chi connectivity index (χ0) is 18.7. The van der Waals surface area contributed by atoms with E-state index in [1.165, 1.54) is 30.6 Å². The van der Waals surface area contributed by atoms with Gasteiger partial charge >= 0.3 is 5.97 Å². The topological polar surface area (TPSA) is 63.1 Å². The lowest BCUT2D eigenvalue weighted by Crippen LogP contribution is -2.06. The average molecular weight is 354 g/mol. The summed E-state index contributed by atoms with van der Waals surface area (Å²) in [7, 11) is 0. The Labute approximate surface area is 149 Å². The van der Waals surface area contributed by atoms with E-state index in [1.54, 1.807) is 30.5 Å². The van der Waals surface area contributed by atoms with Crippen molar-refractivity contribution >= 4 is 5.97 Å². The first-order chi connectivity index (χ1) is 12.3. The van der Waals surface area contributed by atoms with Crippen molar-refractivity contribution in [1.82, 2.24) is 9.97 Å². The third kappa shape index (κ3) is 3.91. The van der Waals surface area contributed by atoms with Crippen molar-refractivity contribution in [3.8, 4) is 11.3 Å². The molecule has 0 spiro atoms. The Hall–Kier alpha value is -3.15. The van der Waals surface area contributed by atoms with E-state index in [0.29, 0.717) is 17.7 Å². The van der Waals surface area contributed by atoms with Crippen LogP contribution in [0.1, 0.15) is 34.0 Å². The van der Waals surface area contributed by atoms with Crippen LogP contribution in [0.3, 0.4) is 0 Å². The zero-order valence-electron chi connectivity index (χ0n) is 14.0. The first-order valence-corrected chi connectivity index (χ1v) is 7.94. The monoisotopic (exact) mass is 354 g/mol. The molecular formula is C20H16F2N2O2. The minimum absolute atomic E-state index is 0.0448. The van der Waals surface area contributed by atoms with Crippen LogP contribution >= 0.6 is 0 Å². The molecule has 0 bridgehead atoms. The summed E-state index contributed by atoms with van der Waals surface area (Å²) in [5, 5.41) is 9.24. The second kappa shape index (κ2) is 7.00. The van der Waals surface area contributed by atoms with Gasteiger partial charge in [-0.1, -0.05) is 30.3 Å². The molecule has 0 aliphatic heterocycles. The smallest absolute Gasteiger partial charge is 0.335 e. The molecule has 1 heterocycles. The number of hydrogen-bond acceptors (Lipinski definition) is 3. The maximum Gasteiger partial charge on any atom is 0.335 e. The number of nitrogens with zero attached hydrogens (tertiary/aromatic N) is 2. The highest BCUT2D eigenvalue weighted by molar-refractivity contribution is 5.89. The van der Waals surface area contributed by atoms with Gasteiger partial charge in [-0.2, -0.15) is 0 Å². The first-order valence-electron chi connectivity index (χ1n) is 7.94. The quantitative estimate of drug-likeness (QED) is 0.730. The number of aromatic carboxylic acids is 1.